The highest BCUT2D eigenvalue weighted by Gasteiger charge is 2.41. The second-order valence-electron chi connectivity index (χ2n) is 9.49. The molecule has 0 saturated carbocycles. The second kappa shape index (κ2) is 8.72. The standard InChI is InChI=1S/C24H31N7O2/c1-24(33)9-12-30(14-19(24)31-16-28-20-21(25)26-15-27-22(20)31)23(32)18-7-5-17(6-8-18)13-29-10-3-2-4-11-29/h5-8,15-16,19,33H,2-4,9-14H2,1H3,(H2,25,26,27)/t19-,24-/m1/s1. The van der Waals surface area contributed by atoms with Crippen LogP contribution in [0.3, 0.4) is 0 Å². The van der Waals surface area contributed by atoms with Crippen LogP contribution in [0, 0.1) is 0 Å². The summed E-state index contributed by atoms with van der Waals surface area (Å²) in [5.41, 5.74) is 7.88. The smallest absolute Gasteiger partial charge is 0.253 e. The zero-order chi connectivity index (χ0) is 23.0. The molecule has 2 atom stereocenters. The second-order valence-corrected chi connectivity index (χ2v) is 9.49. The van der Waals surface area contributed by atoms with Gasteiger partial charge in [0.15, 0.2) is 11.5 Å². The third-order valence-electron chi connectivity index (χ3n) is 7.06. The number of benzene rings is 1. The van der Waals surface area contributed by atoms with Crippen molar-refractivity contribution in [3.63, 3.8) is 0 Å². The Morgan fingerprint density at radius 3 is 2.64 bits per heavy atom. The lowest BCUT2D eigenvalue weighted by Crippen LogP contribution is -2.52. The number of anilines is 1. The van der Waals surface area contributed by atoms with Crippen molar-refractivity contribution in [1.82, 2.24) is 29.3 Å². The number of fused-ring (bicyclic) bond motifs is 1. The molecule has 0 bridgehead atoms. The number of piperidine rings is 2. The molecule has 9 nitrogen and oxygen atoms in total. The molecule has 3 N–H and O–H groups in total. The van der Waals surface area contributed by atoms with E-state index in [1.807, 2.05) is 16.7 Å². The average molecular weight is 450 g/mol. The molecule has 5 rings (SSSR count). The van der Waals surface area contributed by atoms with E-state index >= 15 is 0 Å². The predicted molar refractivity (Wildman–Crippen MR) is 125 cm³/mol. The molecular formula is C24H31N7O2. The molecule has 2 aliphatic heterocycles. The number of nitrogens with zero attached hydrogens (tertiary/aromatic N) is 6. The van der Waals surface area contributed by atoms with Crippen LogP contribution in [-0.4, -0.2) is 72.1 Å². The van der Waals surface area contributed by atoms with Crippen LogP contribution >= 0.6 is 0 Å². The maximum atomic E-state index is 13.3. The van der Waals surface area contributed by atoms with E-state index in [0.29, 0.717) is 42.1 Å². The third kappa shape index (κ3) is 4.30. The van der Waals surface area contributed by atoms with Crippen molar-refractivity contribution in [2.24, 2.45) is 0 Å². The van der Waals surface area contributed by atoms with Crippen LogP contribution < -0.4 is 5.73 Å². The van der Waals surface area contributed by atoms with Crippen LogP contribution in [0.5, 0.6) is 0 Å². The van der Waals surface area contributed by atoms with Crippen molar-refractivity contribution < 1.29 is 9.90 Å². The highest BCUT2D eigenvalue weighted by atomic mass is 16.3. The van der Waals surface area contributed by atoms with Crippen molar-refractivity contribution in [3.8, 4) is 0 Å². The Bertz CT molecular complexity index is 1140. The largest absolute Gasteiger partial charge is 0.388 e. The minimum absolute atomic E-state index is 0.0291. The zero-order valence-electron chi connectivity index (χ0n) is 19.0. The highest BCUT2D eigenvalue weighted by molar-refractivity contribution is 5.94. The summed E-state index contributed by atoms with van der Waals surface area (Å²) in [6, 6.07) is 7.56. The first-order chi connectivity index (χ1) is 15.9. The summed E-state index contributed by atoms with van der Waals surface area (Å²) in [6.45, 7) is 5.87. The van der Waals surface area contributed by atoms with Crippen LogP contribution in [0.2, 0.25) is 0 Å². The molecular weight excluding hydrogens is 418 g/mol. The molecule has 2 aromatic heterocycles. The number of aliphatic hydroxyl groups is 1. The summed E-state index contributed by atoms with van der Waals surface area (Å²) in [4.78, 5) is 30.2. The Kier molecular flexibility index (Phi) is 5.76. The number of hydrogen-bond donors (Lipinski definition) is 2. The van der Waals surface area contributed by atoms with Crippen LogP contribution in [0.25, 0.3) is 11.2 Å². The summed E-state index contributed by atoms with van der Waals surface area (Å²) in [6.07, 6.45) is 7.32. The van der Waals surface area contributed by atoms with Gasteiger partial charge in [-0.15, -0.1) is 0 Å². The fourth-order valence-corrected chi connectivity index (χ4v) is 5.01. The van der Waals surface area contributed by atoms with Gasteiger partial charge in [0.2, 0.25) is 0 Å². The molecule has 0 radical (unpaired) electrons. The highest BCUT2D eigenvalue weighted by Crippen LogP contribution is 2.34. The number of nitrogen functional groups attached to an aromatic ring is 1. The number of carbonyl (C=O) groups excluding carboxylic acids is 1. The lowest BCUT2D eigenvalue weighted by Gasteiger charge is -2.43. The lowest BCUT2D eigenvalue weighted by atomic mass is 9.87. The fourth-order valence-electron chi connectivity index (χ4n) is 5.01. The van der Waals surface area contributed by atoms with Gasteiger partial charge >= 0.3 is 0 Å². The quantitative estimate of drug-likeness (QED) is 0.628. The van der Waals surface area contributed by atoms with E-state index in [4.69, 9.17) is 5.73 Å². The Hall–Kier alpha value is -3.04. The summed E-state index contributed by atoms with van der Waals surface area (Å²) in [7, 11) is 0. The molecule has 4 heterocycles. The Balaban J connectivity index is 1.33. The molecule has 0 spiro atoms. The van der Waals surface area contributed by atoms with Gasteiger partial charge in [0.1, 0.15) is 11.8 Å². The number of rotatable bonds is 4. The van der Waals surface area contributed by atoms with Gasteiger partial charge in [-0.2, -0.15) is 0 Å². The van der Waals surface area contributed by atoms with Gasteiger partial charge in [0.25, 0.3) is 5.91 Å². The van der Waals surface area contributed by atoms with Crippen molar-refractivity contribution in [3.05, 3.63) is 48.0 Å². The molecule has 0 aliphatic carbocycles. The molecule has 174 valence electrons. The van der Waals surface area contributed by atoms with Crippen LogP contribution in [0.4, 0.5) is 5.82 Å². The Morgan fingerprint density at radius 1 is 1.12 bits per heavy atom. The molecule has 9 heteroatoms. The van der Waals surface area contributed by atoms with Gasteiger partial charge in [-0.1, -0.05) is 18.6 Å². The van der Waals surface area contributed by atoms with Crippen molar-refractivity contribution in [2.45, 2.75) is 50.8 Å². The summed E-state index contributed by atoms with van der Waals surface area (Å²) < 4.78 is 1.81. The van der Waals surface area contributed by atoms with Crippen molar-refractivity contribution in [2.75, 3.05) is 31.9 Å². The molecule has 0 unspecified atom stereocenters. The number of amides is 1. The van der Waals surface area contributed by atoms with E-state index in [1.165, 1.54) is 31.2 Å². The minimum atomic E-state index is -1.01. The van der Waals surface area contributed by atoms with Gasteiger partial charge in [0, 0.05) is 25.2 Å². The first-order valence-electron chi connectivity index (χ1n) is 11.7. The molecule has 3 aromatic rings. The fraction of sp³-hybridized carbons (Fsp3) is 0.500. The number of carbonyl (C=O) groups is 1. The number of aromatic nitrogens is 4. The molecule has 1 aromatic carbocycles. The minimum Gasteiger partial charge on any atom is -0.388 e. The first kappa shape index (κ1) is 21.8. The van der Waals surface area contributed by atoms with E-state index in [-0.39, 0.29) is 5.91 Å². The Morgan fingerprint density at radius 2 is 1.88 bits per heavy atom. The van der Waals surface area contributed by atoms with Crippen LogP contribution in [0.15, 0.2) is 36.9 Å². The number of hydrogen-bond acceptors (Lipinski definition) is 7. The van der Waals surface area contributed by atoms with Gasteiger partial charge < -0.3 is 20.3 Å². The number of imidazole rings is 1. The maximum Gasteiger partial charge on any atom is 0.253 e. The SMILES string of the molecule is C[C@@]1(O)CCN(C(=O)c2ccc(CN3CCCCC3)cc2)C[C@H]1n1cnc2c(N)ncnc21. The van der Waals surface area contributed by atoms with E-state index in [0.717, 1.165) is 19.6 Å². The lowest BCUT2D eigenvalue weighted by molar-refractivity contribution is -0.0433. The van der Waals surface area contributed by atoms with Gasteiger partial charge in [-0.3, -0.25) is 9.69 Å². The third-order valence-corrected chi connectivity index (χ3v) is 7.06. The van der Waals surface area contributed by atoms with Crippen molar-refractivity contribution in [1.29, 1.82) is 0 Å². The maximum absolute atomic E-state index is 13.3. The monoisotopic (exact) mass is 449 g/mol. The normalized spacial score (nSPS) is 24.3. The summed E-state index contributed by atoms with van der Waals surface area (Å²) in [5, 5.41) is 11.1. The van der Waals surface area contributed by atoms with E-state index in [1.54, 1.807) is 18.2 Å². The van der Waals surface area contributed by atoms with Crippen LogP contribution in [0.1, 0.15) is 54.6 Å². The van der Waals surface area contributed by atoms with E-state index < -0.39 is 11.6 Å². The average Bonchev–Trinajstić information content (AvgIpc) is 3.25. The number of likely N-dealkylation sites (tertiary alicyclic amines) is 2. The van der Waals surface area contributed by atoms with Gasteiger partial charge in [-0.25, -0.2) is 15.0 Å². The molecule has 33 heavy (non-hydrogen) atoms. The molecule has 1 amide bonds. The summed E-state index contributed by atoms with van der Waals surface area (Å²) in [5.74, 6) is 0.269. The Labute approximate surface area is 193 Å². The van der Waals surface area contributed by atoms with Crippen LogP contribution in [-0.2, 0) is 6.54 Å². The molecule has 2 fully saturated rings. The predicted octanol–water partition coefficient (Wildman–Crippen LogP) is 2.23. The zero-order valence-corrected chi connectivity index (χ0v) is 19.0. The topological polar surface area (TPSA) is 113 Å². The van der Waals surface area contributed by atoms with Crippen molar-refractivity contribution >= 4 is 22.9 Å². The van der Waals surface area contributed by atoms with Gasteiger partial charge in [0.05, 0.1) is 18.0 Å². The first-order valence-corrected chi connectivity index (χ1v) is 11.7. The van der Waals surface area contributed by atoms with Gasteiger partial charge in [-0.05, 0) is 57.0 Å². The number of nitrogens with two attached hydrogens (primary N) is 1. The summed E-state index contributed by atoms with van der Waals surface area (Å²) >= 11 is 0. The molecule has 2 aliphatic rings. The molecule has 2 saturated heterocycles. The van der Waals surface area contributed by atoms with E-state index in [9.17, 15) is 9.90 Å². The van der Waals surface area contributed by atoms with E-state index in [2.05, 4.69) is 32.0 Å².